The van der Waals surface area contributed by atoms with E-state index in [1.807, 2.05) is 14.1 Å². The molecule has 0 heterocycles. The van der Waals surface area contributed by atoms with Crippen molar-refractivity contribution in [3.05, 3.63) is 0 Å². The molecule has 0 rings (SSSR count). The topological polar surface area (TPSA) is 32.8 Å². The number of rotatable bonds is 9. The van der Waals surface area contributed by atoms with Gasteiger partial charge in [-0.15, -0.1) is 0 Å². The Labute approximate surface area is 131 Å². The van der Waals surface area contributed by atoms with Crippen LogP contribution in [-0.2, 0) is 9.53 Å². The second-order valence-corrected chi connectivity index (χ2v) is 7.27. The van der Waals surface area contributed by atoms with Crippen LogP contribution in [0.3, 0.4) is 0 Å². The Morgan fingerprint density at radius 1 is 1.14 bits per heavy atom. The lowest BCUT2D eigenvalue weighted by atomic mass is 9.81. The number of nitrogens with zero attached hydrogens (tertiary/aromatic N) is 2. The molecule has 126 valence electrons. The van der Waals surface area contributed by atoms with E-state index in [0.717, 1.165) is 26.1 Å². The van der Waals surface area contributed by atoms with Gasteiger partial charge < -0.3 is 14.5 Å². The molecular weight excluding hydrogens is 264 g/mol. The number of ether oxygens (including phenoxy) is 1. The standard InChI is InChI=1S/C17H36N2O2/c1-9-19(10-2)11-12-21-16(20)15(13-17(4,5)6)14(3)18(7)8/h14-15H,9-13H2,1-8H3. The zero-order valence-corrected chi connectivity index (χ0v) is 15.4. The highest BCUT2D eigenvalue weighted by Gasteiger charge is 2.32. The highest BCUT2D eigenvalue weighted by molar-refractivity contribution is 5.73. The molecule has 0 aromatic carbocycles. The van der Waals surface area contributed by atoms with E-state index >= 15 is 0 Å². The number of hydrogen-bond acceptors (Lipinski definition) is 4. The first-order chi connectivity index (χ1) is 9.62. The fourth-order valence-electron chi connectivity index (χ4n) is 2.39. The Bertz CT molecular complexity index is 294. The number of carbonyl (C=O) groups excluding carboxylic acids is 1. The van der Waals surface area contributed by atoms with Gasteiger partial charge in [-0.05, 0) is 45.9 Å². The highest BCUT2D eigenvalue weighted by atomic mass is 16.5. The molecule has 0 N–H and O–H groups in total. The van der Waals surface area contributed by atoms with E-state index in [0.29, 0.717) is 6.61 Å². The van der Waals surface area contributed by atoms with E-state index in [4.69, 9.17) is 4.74 Å². The molecule has 0 fully saturated rings. The van der Waals surface area contributed by atoms with Crippen LogP contribution in [0.4, 0.5) is 0 Å². The third kappa shape index (κ3) is 8.42. The van der Waals surface area contributed by atoms with Crippen molar-refractivity contribution in [2.45, 2.75) is 54.0 Å². The molecule has 2 unspecified atom stereocenters. The summed E-state index contributed by atoms with van der Waals surface area (Å²) in [5.41, 5.74) is 0.118. The molecule has 0 spiro atoms. The molecule has 0 bridgehead atoms. The van der Waals surface area contributed by atoms with Gasteiger partial charge in [0.25, 0.3) is 0 Å². The average molecular weight is 300 g/mol. The normalized spacial score (nSPS) is 15.3. The van der Waals surface area contributed by atoms with Crippen molar-refractivity contribution in [1.82, 2.24) is 9.80 Å². The van der Waals surface area contributed by atoms with Crippen LogP contribution in [0.1, 0.15) is 48.0 Å². The molecule has 0 aliphatic heterocycles. The molecule has 21 heavy (non-hydrogen) atoms. The molecule has 0 radical (unpaired) electrons. The van der Waals surface area contributed by atoms with Crippen molar-refractivity contribution in [3.63, 3.8) is 0 Å². The summed E-state index contributed by atoms with van der Waals surface area (Å²) < 4.78 is 5.55. The first kappa shape index (κ1) is 20.4. The maximum Gasteiger partial charge on any atom is 0.310 e. The van der Waals surface area contributed by atoms with Gasteiger partial charge in [-0.3, -0.25) is 4.79 Å². The van der Waals surface area contributed by atoms with Gasteiger partial charge in [0.2, 0.25) is 0 Å². The minimum atomic E-state index is -0.0725. The van der Waals surface area contributed by atoms with E-state index in [-0.39, 0.29) is 23.3 Å². The van der Waals surface area contributed by atoms with Crippen molar-refractivity contribution in [2.24, 2.45) is 11.3 Å². The van der Waals surface area contributed by atoms with Gasteiger partial charge in [0.15, 0.2) is 0 Å². The molecule has 0 aliphatic rings. The lowest BCUT2D eigenvalue weighted by Crippen LogP contribution is -2.40. The summed E-state index contributed by atoms with van der Waals surface area (Å²) in [7, 11) is 4.03. The van der Waals surface area contributed by atoms with Gasteiger partial charge >= 0.3 is 5.97 Å². The molecule has 0 amide bonds. The van der Waals surface area contributed by atoms with Gasteiger partial charge in [-0.2, -0.15) is 0 Å². The van der Waals surface area contributed by atoms with Gasteiger partial charge in [0.1, 0.15) is 6.61 Å². The summed E-state index contributed by atoms with van der Waals surface area (Å²) in [4.78, 5) is 16.8. The fourth-order valence-corrected chi connectivity index (χ4v) is 2.39. The van der Waals surface area contributed by atoms with E-state index < -0.39 is 0 Å². The monoisotopic (exact) mass is 300 g/mol. The minimum absolute atomic E-state index is 0.0571. The van der Waals surface area contributed by atoms with E-state index in [1.54, 1.807) is 0 Å². The fraction of sp³-hybridized carbons (Fsp3) is 0.941. The van der Waals surface area contributed by atoms with Gasteiger partial charge in [-0.1, -0.05) is 34.6 Å². The van der Waals surface area contributed by atoms with Crippen molar-refractivity contribution in [3.8, 4) is 0 Å². The summed E-state index contributed by atoms with van der Waals surface area (Å²) in [6.45, 7) is 16.2. The van der Waals surface area contributed by atoms with Crippen LogP contribution in [0.25, 0.3) is 0 Å². The van der Waals surface area contributed by atoms with Crippen molar-refractivity contribution in [1.29, 1.82) is 0 Å². The first-order valence-corrected chi connectivity index (χ1v) is 8.17. The predicted octanol–water partition coefficient (Wildman–Crippen LogP) is 2.87. The van der Waals surface area contributed by atoms with E-state index in [9.17, 15) is 4.79 Å². The predicted molar refractivity (Wildman–Crippen MR) is 89.5 cm³/mol. The lowest BCUT2D eigenvalue weighted by molar-refractivity contribution is -0.152. The number of esters is 1. The summed E-state index contributed by atoms with van der Waals surface area (Å²) in [6.07, 6.45) is 0.844. The van der Waals surface area contributed by atoms with Crippen LogP contribution < -0.4 is 0 Å². The second-order valence-electron chi connectivity index (χ2n) is 7.27. The zero-order valence-electron chi connectivity index (χ0n) is 15.4. The number of hydrogen-bond donors (Lipinski definition) is 0. The van der Waals surface area contributed by atoms with E-state index in [1.165, 1.54) is 0 Å². The van der Waals surface area contributed by atoms with Gasteiger partial charge in [-0.25, -0.2) is 0 Å². The average Bonchev–Trinajstić information content (AvgIpc) is 2.38. The molecule has 4 heteroatoms. The van der Waals surface area contributed by atoms with Crippen LogP contribution >= 0.6 is 0 Å². The Kier molecular flexibility index (Phi) is 9.14. The lowest BCUT2D eigenvalue weighted by Gasteiger charge is -2.32. The van der Waals surface area contributed by atoms with Crippen LogP contribution in [0.15, 0.2) is 0 Å². The smallest absolute Gasteiger partial charge is 0.310 e. The minimum Gasteiger partial charge on any atom is -0.464 e. The molecule has 0 aliphatic carbocycles. The molecule has 0 saturated carbocycles. The van der Waals surface area contributed by atoms with Gasteiger partial charge in [0, 0.05) is 12.6 Å². The van der Waals surface area contributed by atoms with Crippen molar-refractivity contribution < 1.29 is 9.53 Å². The van der Waals surface area contributed by atoms with Crippen LogP contribution in [0.2, 0.25) is 0 Å². The maximum atomic E-state index is 12.5. The molecule has 2 atom stereocenters. The molecular formula is C17H36N2O2. The largest absolute Gasteiger partial charge is 0.464 e. The Balaban J connectivity index is 4.58. The summed E-state index contributed by atoms with van der Waals surface area (Å²) >= 11 is 0. The molecule has 0 aromatic heterocycles. The highest BCUT2D eigenvalue weighted by Crippen LogP contribution is 2.28. The van der Waals surface area contributed by atoms with Gasteiger partial charge in [0.05, 0.1) is 5.92 Å². The Morgan fingerprint density at radius 3 is 2.05 bits per heavy atom. The maximum absolute atomic E-state index is 12.5. The zero-order chi connectivity index (χ0) is 16.6. The van der Waals surface area contributed by atoms with Crippen LogP contribution in [0.5, 0.6) is 0 Å². The van der Waals surface area contributed by atoms with Crippen molar-refractivity contribution >= 4 is 5.97 Å². The number of likely N-dealkylation sites (N-methyl/N-ethyl adjacent to an activating group) is 1. The molecule has 4 nitrogen and oxygen atoms in total. The quantitative estimate of drug-likeness (QED) is 0.613. The van der Waals surface area contributed by atoms with Crippen molar-refractivity contribution in [2.75, 3.05) is 40.3 Å². The number of carbonyl (C=O) groups is 1. The summed E-state index contributed by atoms with van der Waals surface area (Å²) in [6, 6.07) is 0.185. The molecule has 0 aromatic rings. The third-order valence-corrected chi connectivity index (χ3v) is 4.08. The summed E-state index contributed by atoms with van der Waals surface area (Å²) in [5.74, 6) is -0.130. The van der Waals surface area contributed by atoms with Crippen LogP contribution in [0, 0.1) is 11.3 Å². The summed E-state index contributed by atoms with van der Waals surface area (Å²) in [5, 5.41) is 0. The van der Waals surface area contributed by atoms with E-state index in [2.05, 4.69) is 51.3 Å². The molecule has 0 saturated heterocycles. The van der Waals surface area contributed by atoms with Crippen LogP contribution in [-0.4, -0.2) is 62.1 Å². The first-order valence-electron chi connectivity index (χ1n) is 8.17. The Morgan fingerprint density at radius 2 is 1.67 bits per heavy atom. The third-order valence-electron chi connectivity index (χ3n) is 4.08. The SMILES string of the molecule is CCN(CC)CCOC(=O)C(CC(C)(C)C)C(C)N(C)C. The second kappa shape index (κ2) is 9.42. The Hall–Kier alpha value is -0.610.